The Labute approximate surface area is 164 Å². The van der Waals surface area contributed by atoms with Crippen molar-refractivity contribution in [3.05, 3.63) is 35.2 Å². The van der Waals surface area contributed by atoms with Gasteiger partial charge in [0.15, 0.2) is 5.03 Å². The number of sulfonamides is 1. The summed E-state index contributed by atoms with van der Waals surface area (Å²) >= 11 is 0. The molecule has 1 heterocycles. The molecule has 0 bridgehead atoms. The minimum absolute atomic E-state index is 0.146. The van der Waals surface area contributed by atoms with E-state index in [1.54, 1.807) is 0 Å². The van der Waals surface area contributed by atoms with Crippen LogP contribution in [0.5, 0.6) is 0 Å². The molecule has 0 aliphatic heterocycles. The van der Waals surface area contributed by atoms with Gasteiger partial charge >= 0.3 is 6.03 Å². The first-order valence-electron chi connectivity index (χ1n) is 9.76. The fourth-order valence-corrected chi connectivity index (χ4v) is 5.69. The summed E-state index contributed by atoms with van der Waals surface area (Å²) in [5.74, 6) is 0.394. The fourth-order valence-electron chi connectivity index (χ4n) is 4.84. The summed E-state index contributed by atoms with van der Waals surface area (Å²) in [5.41, 5.74) is 3.24. The predicted molar refractivity (Wildman–Crippen MR) is 103 cm³/mol. The molecule has 2 fully saturated rings. The van der Waals surface area contributed by atoms with Crippen LogP contribution in [0.2, 0.25) is 0 Å². The van der Waals surface area contributed by atoms with Gasteiger partial charge in [-0.3, -0.25) is 4.68 Å². The Balaban J connectivity index is 1.54. The smallest absolute Gasteiger partial charge is 0.332 e. The maximum atomic E-state index is 12.6. The molecule has 2 saturated carbocycles. The van der Waals surface area contributed by atoms with Crippen LogP contribution in [0.15, 0.2) is 40.2 Å². The molecule has 0 aromatic carbocycles. The number of carbonyl (C=O) groups excluding carboxylic acids is 1. The quantitative estimate of drug-likeness (QED) is 0.693. The van der Waals surface area contributed by atoms with Gasteiger partial charge in [-0.05, 0) is 55.2 Å². The van der Waals surface area contributed by atoms with Crippen LogP contribution in [0.4, 0.5) is 4.79 Å². The van der Waals surface area contributed by atoms with Crippen molar-refractivity contribution >= 4 is 16.1 Å². The number of fused-ring (bicyclic) bond motifs is 2. The van der Waals surface area contributed by atoms with Gasteiger partial charge in [0.25, 0.3) is 10.0 Å². The maximum absolute atomic E-state index is 12.6. The van der Waals surface area contributed by atoms with Gasteiger partial charge in [-0.1, -0.05) is 19.4 Å². The minimum atomic E-state index is -4.08. The van der Waals surface area contributed by atoms with E-state index in [2.05, 4.69) is 28.1 Å². The Morgan fingerprint density at radius 1 is 1.39 bits per heavy atom. The largest absolute Gasteiger partial charge is 0.394 e. The van der Waals surface area contributed by atoms with Crippen molar-refractivity contribution in [2.45, 2.75) is 57.0 Å². The molecule has 2 unspecified atom stereocenters. The lowest BCUT2D eigenvalue weighted by molar-refractivity contribution is 0.240. The zero-order chi connectivity index (χ0) is 19.9. The molecule has 1 aromatic heterocycles. The monoisotopic (exact) mass is 406 g/mol. The first-order chi connectivity index (χ1) is 13.3. The molecule has 3 N–H and O–H groups in total. The SMILES string of the molecule is CC12CCCC1C=C1CCCC1=C2NC(=O)NS(=O)(=O)c1ccn(CCO)n1. The molecule has 0 spiro atoms. The Morgan fingerprint density at radius 3 is 3.00 bits per heavy atom. The van der Waals surface area contributed by atoms with Gasteiger partial charge in [-0.25, -0.2) is 9.52 Å². The van der Waals surface area contributed by atoms with Crippen molar-refractivity contribution in [2.75, 3.05) is 6.61 Å². The van der Waals surface area contributed by atoms with Crippen molar-refractivity contribution in [1.82, 2.24) is 19.8 Å². The van der Waals surface area contributed by atoms with Crippen LogP contribution >= 0.6 is 0 Å². The van der Waals surface area contributed by atoms with Gasteiger partial charge in [0, 0.05) is 17.3 Å². The van der Waals surface area contributed by atoms with Crippen LogP contribution in [0.25, 0.3) is 0 Å². The molecule has 0 radical (unpaired) electrons. The van der Waals surface area contributed by atoms with Crippen molar-refractivity contribution in [1.29, 1.82) is 0 Å². The highest BCUT2D eigenvalue weighted by Gasteiger charge is 2.46. The minimum Gasteiger partial charge on any atom is -0.394 e. The average molecular weight is 407 g/mol. The predicted octanol–water partition coefficient (Wildman–Crippen LogP) is 2.05. The van der Waals surface area contributed by atoms with Gasteiger partial charge in [0.2, 0.25) is 0 Å². The van der Waals surface area contributed by atoms with Gasteiger partial charge < -0.3 is 10.4 Å². The van der Waals surface area contributed by atoms with E-state index in [-0.39, 0.29) is 23.6 Å². The standard InChI is InChI=1S/C19H26N4O4S/c1-19-8-3-5-14(19)12-13-4-2-6-15(13)17(19)20-18(25)22-28(26,27)16-7-9-23(21-16)10-11-24/h7,9,12,14,24H,2-6,8,10-11H2,1H3,(H2,20,22,25). The molecule has 3 aliphatic carbocycles. The molecular formula is C19H26N4O4S. The second-order valence-corrected chi connectivity index (χ2v) is 9.64. The number of rotatable bonds is 5. The summed E-state index contributed by atoms with van der Waals surface area (Å²) in [6, 6.07) is 0.555. The summed E-state index contributed by atoms with van der Waals surface area (Å²) in [7, 11) is -4.08. The second kappa shape index (κ2) is 7.04. The van der Waals surface area contributed by atoms with Crippen molar-refractivity contribution in [3.63, 3.8) is 0 Å². The van der Waals surface area contributed by atoms with Gasteiger partial charge in [0.05, 0.1) is 13.2 Å². The van der Waals surface area contributed by atoms with Crippen molar-refractivity contribution < 1.29 is 18.3 Å². The third-order valence-electron chi connectivity index (χ3n) is 6.25. The zero-order valence-electron chi connectivity index (χ0n) is 15.9. The number of nitrogens with one attached hydrogen (secondary N) is 2. The number of nitrogens with zero attached hydrogens (tertiary/aromatic N) is 2. The van der Waals surface area contributed by atoms with E-state index in [9.17, 15) is 13.2 Å². The Morgan fingerprint density at radius 2 is 2.21 bits per heavy atom. The van der Waals surface area contributed by atoms with E-state index in [0.717, 1.165) is 44.2 Å². The molecule has 1 aromatic rings. The lowest BCUT2D eigenvalue weighted by Gasteiger charge is -2.38. The molecule has 2 amide bonds. The highest BCUT2D eigenvalue weighted by Crippen LogP contribution is 2.55. The highest BCUT2D eigenvalue weighted by atomic mass is 32.2. The number of hydrogen-bond acceptors (Lipinski definition) is 5. The number of allylic oxidation sites excluding steroid dienone is 4. The summed E-state index contributed by atoms with van der Waals surface area (Å²) in [6.07, 6.45) is 10.0. The first-order valence-corrected chi connectivity index (χ1v) is 11.2. The first kappa shape index (κ1) is 19.2. The van der Waals surface area contributed by atoms with E-state index in [0.29, 0.717) is 5.92 Å². The maximum Gasteiger partial charge on any atom is 0.332 e. The number of aliphatic hydroxyl groups excluding tert-OH is 1. The highest BCUT2D eigenvalue weighted by molar-refractivity contribution is 7.90. The molecule has 4 rings (SSSR count). The number of carbonyl (C=O) groups is 1. The zero-order valence-corrected chi connectivity index (χ0v) is 16.8. The van der Waals surface area contributed by atoms with E-state index in [4.69, 9.17) is 5.11 Å². The lowest BCUT2D eigenvalue weighted by atomic mass is 9.70. The molecule has 28 heavy (non-hydrogen) atoms. The molecule has 152 valence electrons. The number of aliphatic hydroxyl groups is 1. The summed E-state index contributed by atoms with van der Waals surface area (Å²) in [6.45, 7) is 2.21. The van der Waals surface area contributed by atoms with Crippen LogP contribution in [-0.2, 0) is 16.6 Å². The van der Waals surface area contributed by atoms with E-state index in [1.165, 1.54) is 28.1 Å². The van der Waals surface area contributed by atoms with Crippen molar-refractivity contribution in [3.8, 4) is 0 Å². The number of hydrogen-bond donors (Lipinski definition) is 3. The Bertz CT molecular complexity index is 962. The molecular weight excluding hydrogens is 380 g/mol. The average Bonchev–Trinajstić information content (AvgIpc) is 3.34. The van der Waals surface area contributed by atoms with Crippen LogP contribution in [0, 0.1) is 11.3 Å². The summed E-state index contributed by atoms with van der Waals surface area (Å²) in [5, 5.41) is 15.5. The lowest BCUT2D eigenvalue weighted by Crippen LogP contribution is -2.44. The van der Waals surface area contributed by atoms with E-state index < -0.39 is 16.1 Å². The molecule has 8 nitrogen and oxygen atoms in total. The van der Waals surface area contributed by atoms with Crippen LogP contribution in [0.1, 0.15) is 45.4 Å². The van der Waals surface area contributed by atoms with Crippen molar-refractivity contribution in [2.24, 2.45) is 11.3 Å². The third kappa shape index (κ3) is 3.26. The topological polar surface area (TPSA) is 113 Å². The number of urea groups is 1. The Kier molecular flexibility index (Phi) is 4.83. The summed E-state index contributed by atoms with van der Waals surface area (Å²) < 4.78 is 28.4. The Hall–Kier alpha value is -2.13. The molecule has 3 aliphatic rings. The van der Waals surface area contributed by atoms with Crippen LogP contribution < -0.4 is 10.0 Å². The van der Waals surface area contributed by atoms with Gasteiger partial charge in [-0.2, -0.15) is 13.5 Å². The van der Waals surface area contributed by atoms with Gasteiger partial charge in [-0.15, -0.1) is 0 Å². The van der Waals surface area contributed by atoms with E-state index >= 15 is 0 Å². The molecule has 9 heteroatoms. The third-order valence-corrected chi connectivity index (χ3v) is 7.47. The van der Waals surface area contributed by atoms with Crippen LogP contribution in [-0.4, -0.2) is 35.9 Å². The number of amides is 2. The molecule has 0 saturated heterocycles. The van der Waals surface area contributed by atoms with E-state index in [1.807, 2.05) is 0 Å². The number of aromatic nitrogens is 2. The fraction of sp³-hybridized carbons (Fsp3) is 0.579. The van der Waals surface area contributed by atoms with Crippen LogP contribution in [0.3, 0.4) is 0 Å². The normalized spacial score (nSPS) is 26.6. The second-order valence-electron chi connectivity index (χ2n) is 8.02. The molecule has 2 atom stereocenters. The van der Waals surface area contributed by atoms with Gasteiger partial charge in [0.1, 0.15) is 0 Å². The summed E-state index contributed by atoms with van der Waals surface area (Å²) in [4.78, 5) is 12.6.